The molecule has 2 unspecified atom stereocenters. The Morgan fingerprint density at radius 1 is 1.00 bits per heavy atom. The molecule has 0 radical (unpaired) electrons. The van der Waals surface area contributed by atoms with Crippen LogP contribution in [-0.2, 0) is 19.1 Å². The number of Topliss-reactive ketones (excluding diaryl/α,β-unsaturated/α-hetero) is 2. The third-order valence-electron chi connectivity index (χ3n) is 5.54. The summed E-state index contributed by atoms with van der Waals surface area (Å²) >= 11 is 7.14. The van der Waals surface area contributed by atoms with Gasteiger partial charge in [-0.2, -0.15) is 0 Å². The van der Waals surface area contributed by atoms with Gasteiger partial charge in [-0.25, -0.2) is 0 Å². The second-order valence-corrected chi connectivity index (χ2v) is 9.43. The van der Waals surface area contributed by atoms with Crippen LogP contribution < -0.4 is 0 Å². The van der Waals surface area contributed by atoms with E-state index >= 15 is 0 Å². The van der Waals surface area contributed by atoms with E-state index < -0.39 is 46.2 Å². The van der Waals surface area contributed by atoms with Gasteiger partial charge in [0.2, 0.25) is 0 Å². The van der Waals surface area contributed by atoms with E-state index in [4.69, 9.17) is 21.7 Å². The number of methoxy groups -OCH3 is 2. The molecule has 1 aromatic heterocycles. The Kier molecular flexibility index (Phi) is 3.45. The highest BCUT2D eigenvalue weighted by molar-refractivity contribution is 7.76. The molecule has 0 N–H and O–H groups in total. The molecule has 1 fully saturated rings. The summed E-state index contributed by atoms with van der Waals surface area (Å²) in [6.07, 6.45) is 3.80. The lowest BCUT2D eigenvalue weighted by atomic mass is 9.51. The number of hydrogen-bond donors (Lipinski definition) is 0. The van der Waals surface area contributed by atoms with Gasteiger partial charge in [-0.15, -0.1) is 22.7 Å². The SMILES string of the molecule is COC(=O)C12C(=O)c3sc(=S)sc3C(=O)C1(C(=O)OC)[C@H]1C=C[C@@H]2C1. The standard InChI is InChI=1S/C16H12O6S3/c1-21-12(19)15-6-3-4-7(5-6)16(15,13(20)22-2)11(18)9-8(10(15)17)24-14(23)25-9/h3-4,6-7H,5H2,1-2H3/t6-,7+,15?,16?. The number of carbonyl (C=O) groups excluding carboxylic acids is 4. The molecular formula is C16H12O6S3. The summed E-state index contributed by atoms with van der Waals surface area (Å²) in [5.41, 5.74) is -3.84. The molecule has 1 heterocycles. The summed E-state index contributed by atoms with van der Waals surface area (Å²) in [6, 6.07) is 0. The van der Waals surface area contributed by atoms with Crippen LogP contribution in [0.25, 0.3) is 0 Å². The molecule has 0 spiro atoms. The van der Waals surface area contributed by atoms with Crippen molar-refractivity contribution in [2.45, 2.75) is 6.42 Å². The fourth-order valence-electron chi connectivity index (χ4n) is 4.69. The molecule has 1 aromatic rings. The summed E-state index contributed by atoms with van der Waals surface area (Å²) in [6.45, 7) is 0. The van der Waals surface area contributed by atoms with Crippen LogP contribution in [0.5, 0.6) is 0 Å². The zero-order valence-electron chi connectivity index (χ0n) is 13.2. The fraction of sp³-hybridized carbons (Fsp3) is 0.438. The van der Waals surface area contributed by atoms with Gasteiger partial charge in [-0.3, -0.25) is 19.2 Å². The Morgan fingerprint density at radius 2 is 1.40 bits per heavy atom. The molecular weight excluding hydrogens is 384 g/mol. The van der Waals surface area contributed by atoms with Crippen molar-refractivity contribution in [2.75, 3.05) is 14.2 Å². The molecule has 0 aliphatic heterocycles. The molecule has 1 saturated carbocycles. The first-order chi connectivity index (χ1) is 11.9. The Morgan fingerprint density at radius 3 is 1.76 bits per heavy atom. The van der Waals surface area contributed by atoms with Crippen LogP contribution in [0.2, 0.25) is 0 Å². The van der Waals surface area contributed by atoms with Crippen LogP contribution in [0.15, 0.2) is 12.2 Å². The van der Waals surface area contributed by atoms with E-state index in [0.717, 1.165) is 36.9 Å². The number of allylic oxidation sites excluding steroid dienone is 2. The smallest absolute Gasteiger partial charge is 0.322 e. The molecule has 25 heavy (non-hydrogen) atoms. The van der Waals surface area contributed by atoms with E-state index in [1.54, 1.807) is 12.2 Å². The first-order valence-corrected chi connectivity index (χ1v) is 9.50. The van der Waals surface area contributed by atoms with E-state index in [-0.39, 0.29) is 9.75 Å². The number of esters is 2. The van der Waals surface area contributed by atoms with Gasteiger partial charge in [-0.1, -0.05) is 24.4 Å². The lowest BCUT2D eigenvalue weighted by Crippen LogP contribution is -2.65. The van der Waals surface area contributed by atoms with Crippen LogP contribution in [0.4, 0.5) is 0 Å². The van der Waals surface area contributed by atoms with Gasteiger partial charge in [0.05, 0.1) is 24.0 Å². The zero-order valence-corrected chi connectivity index (χ0v) is 15.6. The van der Waals surface area contributed by atoms with Gasteiger partial charge < -0.3 is 9.47 Å². The highest BCUT2D eigenvalue weighted by Crippen LogP contribution is 2.69. The van der Waals surface area contributed by atoms with Gasteiger partial charge in [0.25, 0.3) is 0 Å². The minimum atomic E-state index is -1.92. The third-order valence-corrected chi connectivity index (χ3v) is 8.19. The van der Waals surface area contributed by atoms with Crippen molar-refractivity contribution in [3.8, 4) is 0 Å². The Labute approximate surface area is 155 Å². The van der Waals surface area contributed by atoms with Crippen molar-refractivity contribution in [1.29, 1.82) is 0 Å². The van der Waals surface area contributed by atoms with E-state index in [1.165, 1.54) is 0 Å². The first-order valence-electron chi connectivity index (χ1n) is 7.46. The van der Waals surface area contributed by atoms with Crippen LogP contribution in [0.3, 0.4) is 0 Å². The molecule has 0 aromatic carbocycles. The van der Waals surface area contributed by atoms with Crippen molar-refractivity contribution >= 4 is 58.4 Å². The van der Waals surface area contributed by atoms with Crippen LogP contribution in [0.1, 0.15) is 25.8 Å². The molecule has 6 nitrogen and oxygen atoms in total. The average molecular weight is 396 g/mol. The van der Waals surface area contributed by atoms with Crippen LogP contribution in [-0.4, -0.2) is 37.7 Å². The van der Waals surface area contributed by atoms with Crippen molar-refractivity contribution in [3.63, 3.8) is 0 Å². The highest BCUT2D eigenvalue weighted by Gasteiger charge is 2.82. The lowest BCUT2D eigenvalue weighted by Gasteiger charge is -2.46. The maximum atomic E-state index is 13.5. The van der Waals surface area contributed by atoms with Crippen LogP contribution in [0, 0.1) is 25.8 Å². The van der Waals surface area contributed by atoms with Gasteiger partial charge in [0.15, 0.2) is 22.4 Å². The minimum absolute atomic E-state index is 0.144. The zero-order chi connectivity index (χ0) is 18.1. The summed E-state index contributed by atoms with van der Waals surface area (Å²) in [7, 11) is 2.30. The van der Waals surface area contributed by atoms with Crippen LogP contribution >= 0.6 is 34.9 Å². The van der Waals surface area contributed by atoms with Gasteiger partial charge in [0.1, 0.15) is 3.14 Å². The van der Waals surface area contributed by atoms with Crippen molar-refractivity contribution in [2.24, 2.45) is 22.7 Å². The molecule has 0 saturated heterocycles. The molecule has 3 aliphatic carbocycles. The largest absolute Gasteiger partial charge is 0.468 e. The second-order valence-electron chi connectivity index (χ2n) is 6.20. The maximum Gasteiger partial charge on any atom is 0.322 e. The Hall–Kier alpha value is -1.71. The number of rotatable bonds is 2. The molecule has 4 rings (SSSR count). The summed E-state index contributed by atoms with van der Waals surface area (Å²) in [4.78, 5) is 53.0. The summed E-state index contributed by atoms with van der Waals surface area (Å²) < 4.78 is 10.3. The Balaban J connectivity index is 2.16. The van der Waals surface area contributed by atoms with Gasteiger partial charge in [-0.05, 0) is 6.42 Å². The summed E-state index contributed by atoms with van der Waals surface area (Å²) in [5, 5.41) is 0. The third kappa shape index (κ3) is 1.58. The molecule has 9 heteroatoms. The second kappa shape index (κ2) is 5.15. The monoisotopic (exact) mass is 396 g/mol. The van der Waals surface area contributed by atoms with E-state index in [2.05, 4.69) is 0 Å². The van der Waals surface area contributed by atoms with E-state index in [9.17, 15) is 19.2 Å². The molecule has 2 bridgehead atoms. The average Bonchev–Trinajstić information content (AvgIpc) is 3.30. The normalized spacial score (nSPS) is 34.6. The first kappa shape index (κ1) is 16.7. The number of hydrogen-bond acceptors (Lipinski definition) is 9. The number of carbonyl (C=O) groups is 4. The number of ketones is 2. The highest BCUT2D eigenvalue weighted by atomic mass is 32.2. The van der Waals surface area contributed by atoms with Crippen molar-refractivity contribution < 1.29 is 28.7 Å². The Bertz CT molecular complexity index is 869. The van der Waals surface area contributed by atoms with Gasteiger partial charge >= 0.3 is 11.9 Å². The van der Waals surface area contributed by atoms with E-state index in [0.29, 0.717) is 9.56 Å². The van der Waals surface area contributed by atoms with Gasteiger partial charge in [0, 0.05) is 11.8 Å². The molecule has 130 valence electrons. The number of fused-ring (bicyclic) bond motifs is 6. The predicted molar refractivity (Wildman–Crippen MR) is 91.3 cm³/mol. The summed E-state index contributed by atoms with van der Waals surface area (Å²) in [5.74, 6) is -4.04. The predicted octanol–water partition coefficient (Wildman–Crippen LogP) is 2.44. The molecule has 0 amide bonds. The van der Waals surface area contributed by atoms with Crippen molar-refractivity contribution in [3.05, 3.63) is 25.0 Å². The molecule has 4 atom stereocenters. The topological polar surface area (TPSA) is 86.7 Å². The lowest BCUT2D eigenvalue weighted by molar-refractivity contribution is -0.170. The molecule has 3 aliphatic rings. The quantitative estimate of drug-likeness (QED) is 0.328. The minimum Gasteiger partial charge on any atom is -0.468 e. The fourth-order valence-corrected chi connectivity index (χ4v) is 7.32. The number of ether oxygens (including phenoxy) is 2. The maximum absolute atomic E-state index is 13.5. The van der Waals surface area contributed by atoms with E-state index in [1.807, 2.05) is 0 Å². The van der Waals surface area contributed by atoms with Crippen molar-refractivity contribution in [1.82, 2.24) is 0 Å².